The Kier molecular flexibility index (Phi) is 5.87. The molecule has 1 amide bonds. The minimum atomic E-state index is -1.00. The Morgan fingerprint density at radius 2 is 1.54 bits per heavy atom. The molecule has 0 aliphatic heterocycles. The van der Waals surface area contributed by atoms with Crippen LogP contribution in [0.2, 0.25) is 0 Å². The summed E-state index contributed by atoms with van der Waals surface area (Å²) in [6.07, 6.45) is 1.81. The van der Waals surface area contributed by atoms with Gasteiger partial charge in [-0.15, -0.1) is 0 Å². The molecule has 2 N–H and O–H groups in total. The van der Waals surface area contributed by atoms with Crippen LogP contribution in [0.5, 0.6) is 11.5 Å². The maximum atomic E-state index is 12.5. The molecule has 140 valence electrons. The van der Waals surface area contributed by atoms with Gasteiger partial charge < -0.3 is 15.2 Å². The molecule has 0 bridgehead atoms. The van der Waals surface area contributed by atoms with Crippen molar-refractivity contribution in [2.75, 3.05) is 5.32 Å². The molecule has 0 fully saturated rings. The highest BCUT2D eigenvalue weighted by molar-refractivity contribution is 6.06. The number of carboxylic acids is 1. The van der Waals surface area contributed by atoms with E-state index in [-0.39, 0.29) is 11.5 Å². The Bertz CT molecular complexity index is 1010. The normalized spacial score (nSPS) is 11.0. The number of ether oxygens (including phenoxy) is 1. The van der Waals surface area contributed by atoms with Gasteiger partial charge in [-0.05, 0) is 55.0 Å². The molecule has 5 heteroatoms. The van der Waals surface area contributed by atoms with E-state index in [1.165, 1.54) is 12.1 Å². The summed E-state index contributed by atoms with van der Waals surface area (Å²) < 4.78 is 5.82. The average molecular weight is 373 g/mol. The van der Waals surface area contributed by atoms with Crippen molar-refractivity contribution in [1.29, 1.82) is 0 Å². The van der Waals surface area contributed by atoms with Crippen LogP contribution in [-0.4, -0.2) is 17.0 Å². The summed E-state index contributed by atoms with van der Waals surface area (Å²) in [6.45, 7) is 1.75. The van der Waals surface area contributed by atoms with Crippen LogP contribution >= 0.6 is 0 Å². The molecule has 0 aromatic heterocycles. The predicted octanol–water partition coefficient (Wildman–Crippen LogP) is 5.22. The smallest absolute Gasteiger partial charge is 0.335 e. The molecule has 5 nitrogen and oxygen atoms in total. The molecule has 0 saturated carbocycles. The van der Waals surface area contributed by atoms with Crippen molar-refractivity contribution < 1.29 is 19.4 Å². The van der Waals surface area contributed by atoms with Gasteiger partial charge in [0.2, 0.25) is 0 Å². The number of amides is 1. The Morgan fingerprint density at radius 1 is 0.893 bits per heavy atom. The third kappa shape index (κ3) is 4.86. The van der Waals surface area contributed by atoms with Gasteiger partial charge in [0.1, 0.15) is 5.75 Å². The molecular formula is C23H19NO4. The molecule has 3 rings (SSSR count). The molecule has 0 spiro atoms. The van der Waals surface area contributed by atoms with Crippen LogP contribution in [0.3, 0.4) is 0 Å². The molecule has 0 heterocycles. The fourth-order valence-electron chi connectivity index (χ4n) is 2.54. The second-order valence-electron chi connectivity index (χ2n) is 6.12. The fraction of sp³-hybridized carbons (Fsp3) is 0.0435. The average Bonchev–Trinajstić information content (AvgIpc) is 2.70. The summed E-state index contributed by atoms with van der Waals surface area (Å²) in [4.78, 5) is 23.5. The largest absolute Gasteiger partial charge is 0.478 e. The first-order valence-electron chi connectivity index (χ1n) is 8.68. The van der Waals surface area contributed by atoms with Crippen molar-refractivity contribution in [3.63, 3.8) is 0 Å². The molecule has 3 aromatic rings. The van der Waals surface area contributed by atoms with Crippen molar-refractivity contribution in [3.05, 3.63) is 95.6 Å². The molecular weight excluding hydrogens is 354 g/mol. The second-order valence-corrected chi connectivity index (χ2v) is 6.12. The number of carboxylic acid groups (broad SMARTS) is 1. The zero-order chi connectivity index (χ0) is 19.9. The number of para-hydroxylation sites is 2. The van der Waals surface area contributed by atoms with E-state index in [1.807, 2.05) is 36.4 Å². The molecule has 3 aromatic carbocycles. The predicted molar refractivity (Wildman–Crippen MR) is 109 cm³/mol. The Labute approximate surface area is 162 Å². The zero-order valence-corrected chi connectivity index (χ0v) is 15.3. The van der Waals surface area contributed by atoms with Gasteiger partial charge in [0.05, 0.1) is 11.3 Å². The number of rotatable bonds is 6. The lowest BCUT2D eigenvalue weighted by Gasteiger charge is -2.12. The van der Waals surface area contributed by atoms with Crippen molar-refractivity contribution in [2.45, 2.75) is 6.92 Å². The Morgan fingerprint density at radius 3 is 2.21 bits per heavy atom. The van der Waals surface area contributed by atoms with E-state index in [1.54, 1.807) is 43.3 Å². The number of aromatic carboxylic acids is 1. The van der Waals surface area contributed by atoms with E-state index in [9.17, 15) is 9.59 Å². The first-order valence-corrected chi connectivity index (χ1v) is 8.68. The number of benzene rings is 3. The molecule has 0 aliphatic carbocycles. The van der Waals surface area contributed by atoms with Gasteiger partial charge in [0, 0.05) is 5.57 Å². The number of anilines is 1. The minimum absolute atomic E-state index is 0.176. The number of carbonyl (C=O) groups excluding carboxylic acids is 1. The number of nitrogens with one attached hydrogen (secondary N) is 1. The summed E-state index contributed by atoms with van der Waals surface area (Å²) in [6, 6.07) is 22.7. The van der Waals surface area contributed by atoms with E-state index in [4.69, 9.17) is 9.84 Å². The van der Waals surface area contributed by atoms with Gasteiger partial charge in [-0.2, -0.15) is 0 Å². The molecule has 0 aliphatic rings. The van der Waals surface area contributed by atoms with Gasteiger partial charge in [-0.1, -0.05) is 42.5 Å². The first-order chi connectivity index (χ1) is 13.5. The van der Waals surface area contributed by atoms with Crippen LogP contribution in [0.4, 0.5) is 5.69 Å². The van der Waals surface area contributed by atoms with Crippen LogP contribution in [0.25, 0.3) is 6.08 Å². The number of hydrogen-bond acceptors (Lipinski definition) is 3. The highest BCUT2D eigenvalue weighted by atomic mass is 16.5. The zero-order valence-electron chi connectivity index (χ0n) is 15.3. The van der Waals surface area contributed by atoms with E-state index >= 15 is 0 Å². The van der Waals surface area contributed by atoms with Crippen LogP contribution in [0, 0.1) is 0 Å². The third-order valence-electron chi connectivity index (χ3n) is 4.01. The highest BCUT2D eigenvalue weighted by Gasteiger charge is 2.10. The summed E-state index contributed by atoms with van der Waals surface area (Å²) in [5.41, 5.74) is 2.20. The van der Waals surface area contributed by atoms with E-state index < -0.39 is 5.97 Å². The standard InChI is InChI=1S/C23H19NO4/c1-16(15-17-7-3-2-4-8-17)22(25)24-20-9-5-6-10-21(20)28-19-13-11-18(12-14-19)23(26)27/h2-15H,1H3,(H,24,25)(H,26,27). The Balaban J connectivity index is 1.75. The van der Waals surface area contributed by atoms with Crippen LogP contribution in [0.15, 0.2) is 84.4 Å². The molecule has 0 saturated heterocycles. The highest BCUT2D eigenvalue weighted by Crippen LogP contribution is 2.29. The van der Waals surface area contributed by atoms with Crippen molar-refractivity contribution in [1.82, 2.24) is 0 Å². The first kappa shape index (κ1) is 18.9. The van der Waals surface area contributed by atoms with Crippen molar-refractivity contribution in [2.24, 2.45) is 0 Å². The summed E-state index contributed by atoms with van der Waals surface area (Å²) in [5, 5.41) is 11.8. The monoisotopic (exact) mass is 373 g/mol. The number of carbonyl (C=O) groups is 2. The van der Waals surface area contributed by atoms with Crippen LogP contribution in [0.1, 0.15) is 22.8 Å². The summed E-state index contributed by atoms with van der Waals surface area (Å²) in [5.74, 6) is -0.296. The van der Waals surface area contributed by atoms with Gasteiger partial charge in [0.15, 0.2) is 5.75 Å². The lowest BCUT2D eigenvalue weighted by molar-refractivity contribution is -0.112. The lowest BCUT2D eigenvalue weighted by Crippen LogP contribution is -2.13. The van der Waals surface area contributed by atoms with E-state index in [2.05, 4.69) is 5.32 Å². The van der Waals surface area contributed by atoms with Crippen LogP contribution in [-0.2, 0) is 4.79 Å². The Hall–Kier alpha value is -3.86. The molecule has 0 radical (unpaired) electrons. The van der Waals surface area contributed by atoms with Crippen LogP contribution < -0.4 is 10.1 Å². The lowest BCUT2D eigenvalue weighted by atomic mass is 10.1. The second kappa shape index (κ2) is 8.68. The summed E-state index contributed by atoms with van der Waals surface area (Å²) in [7, 11) is 0. The summed E-state index contributed by atoms with van der Waals surface area (Å²) >= 11 is 0. The third-order valence-corrected chi connectivity index (χ3v) is 4.01. The maximum absolute atomic E-state index is 12.5. The van der Waals surface area contributed by atoms with Gasteiger partial charge in [0.25, 0.3) is 5.91 Å². The van der Waals surface area contributed by atoms with Crippen molar-refractivity contribution in [3.8, 4) is 11.5 Å². The molecule has 28 heavy (non-hydrogen) atoms. The quantitative estimate of drug-likeness (QED) is 0.581. The maximum Gasteiger partial charge on any atom is 0.335 e. The topological polar surface area (TPSA) is 75.6 Å². The van der Waals surface area contributed by atoms with Gasteiger partial charge in [-0.25, -0.2) is 4.79 Å². The van der Waals surface area contributed by atoms with Crippen molar-refractivity contribution >= 4 is 23.6 Å². The van der Waals surface area contributed by atoms with Gasteiger partial charge in [-0.3, -0.25) is 4.79 Å². The molecule has 0 atom stereocenters. The van der Waals surface area contributed by atoms with E-state index in [0.717, 1.165) is 5.56 Å². The molecule has 0 unspecified atom stereocenters. The minimum Gasteiger partial charge on any atom is -0.478 e. The van der Waals surface area contributed by atoms with E-state index in [0.29, 0.717) is 22.8 Å². The fourth-order valence-corrected chi connectivity index (χ4v) is 2.54. The number of hydrogen-bond donors (Lipinski definition) is 2. The van der Waals surface area contributed by atoms with Gasteiger partial charge >= 0.3 is 5.97 Å². The SMILES string of the molecule is CC(=Cc1ccccc1)C(=O)Nc1ccccc1Oc1ccc(C(=O)O)cc1.